The minimum absolute atomic E-state index is 0.188. The van der Waals surface area contributed by atoms with Gasteiger partial charge in [-0.15, -0.1) is 0 Å². The number of rotatable bonds is 1. The van der Waals surface area contributed by atoms with Gasteiger partial charge in [-0.3, -0.25) is 0 Å². The monoisotopic (exact) mass is 325 g/mol. The molecule has 5 aliphatic rings. The van der Waals surface area contributed by atoms with Gasteiger partial charge in [-0.05, 0) is 107 Å². The largest absolute Gasteiger partial charge is 0.363 e. The van der Waals surface area contributed by atoms with Crippen molar-refractivity contribution in [1.29, 1.82) is 0 Å². The highest BCUT2D eigenvalue weighted by Gasteiger charge is 2.65. The van der Waals surface area contributed by atoms with Gasteiger partial charge >= 0.3 is 0 Å². The van der Waals surface area contributed by atoms with E-state index in [9.17, 15) is 2.74 Å². The van der Waals surface area contributed by atoms with Gasteiger partial charge in [0.1, 0.15) is 0 Å². The van der Waals surface area contributed by atoms with E-state index in [0.29, 0.717) is 11.8 Å². The van der Waals surface area contributed by atoms with Crippen LogP contribution in [0.5, 0.6) is 0 Å². The molecular formula is C23H33N. The van der Waals surface area contributed by atoms with Crippen molar-refractivity contribution in [3.8, 4) is 0 Å². The van der Waals surface area contributed by atoms with Crippen LogP contribution in [0.4, 0.5) is 5.69 Å². The van der Waals surface area contributed by atoms with E-state index in [0.717, 1.165) is 11.8 Å². The highest BCUT2D eigenvalue weighted by Crippen LogP contribution is 2.69. The zero-order valence-corrected chi connectivity index (χ0v) is 15.7. The molecule has 4 aliphatic carbocycles. The Hall–Kier alpha value is -0.980. The molecule has 1 heteroatoms. The van der Waals surface area contributed by atoms with Crippen LogP contribution >= 0.6 is 0 Å². The Labute approximate surface area is 150 Å². The molecular weight excluding hydrogens is 290 g/mol. The second kappa shape index (κ2) is 4.80. The second-order valence-corrected chi connectivity index (χ2v) is 9.75. The maximum absolute atomic E-state index is 9.52. The molecule has 0 radical (unpaired) electrons. The minimum Gasteiger partial charge on any atom is -0.363 e. The van der Waals surface area contributed by atoms with E-state index in [1.54, 1.807) is 0 Å². The zero-order chi connectivity index (χ0) is 18.5. The average molecular weight is 326 g/mol. The quantitative estimate of drug-likeness (QED) is 0.629. The number of benzene rings is 1. The number of hydrogen-bond acceptors (Lipinski definition) is 1. The topological polar surface area (TPSA) is 3.24 Å². The molecule has 1 atom stereocenters. The molecule has 1 aromatic carbocycles. The Morgan fingerprint density at radius 3 is 2.17 bits per heavy atom. The molecule has 4 saturated carbocycles. The van der Waals surface area contributed by atoms with Gasteiger partial charge in [-0.1, -0.05) is 18.2 Å². The lowest BCUT2D eigenvalue weighted by molar-refractivity contribution is -0.113. The summed E-state index contributed by atoms with van der Waals surface area (Å²) in [6, 6.07) is 8.85. The fraction of sp³-hybridized carbons (Fsp3) is 0.739. The van der Waals surface area contributed by atoms with Crippen LogP contribution in [0.2, 0.25) is 0 Å². The second-order valence-electron chi connectivity index (χ2n) is 9.75. The first-order valence-electron chi connectivity index (χ1n) is 11.1. The van der Waals surface area contributed by atoms with E-state index in [1.165, 1.54) is 43.4 Å². The van der Waals surface area contributed by atoms with Crippen LogP contribution in [0, 0.1) is 36.0 Å². The molecule has 24 heavy (non-hydrogen) atoms. The normalized spacial score (nSPS) is 48.7. The molecule has 1 spiro atoms. The first-order valence-corrected chi connectivity index (χ1v) is 10.1. The zero-order valence-electron chi connectivity index (χ0n) is 17.7. The molecule has 130 valence electrons. The molecule has 4 bridgehead atoms. The van der Waals surface area contributed by atoms with Gasteiger partial charge in [0.25, 0.3) is 0 Å². The lowest BCUT2D eigenvalue weighted by Gasteiger charge is -2.62. The van der Waals surface area contributed by atoms with Crippen LogP contribution in [-0.4, -0.2) is 11.6 Å². The Morgan fingerprint density at radius 2 is 1.58 bits per heavy atom. The van der Waals surface area contributed by atoms with Gasteiger partial charge in [0, 0.05) is 20.0 Å². The summed E-state index contributed by atoms with van der Waals surface area (Å²) in [6.45, 7) is 8.85. The standard InChI is InChI=1S/C23H33N/c1-15-7-5-6-8-21(15)24-16(2)23(14-22(24,3)4)19-10-17-9-18(12-19)13-20(23)11-17/h5-8,16-20H,9-14H2,1-4H3/t16-,17?,18?,19?,20?,23?/m0/s1/i14D2. The highest BCUT2D eigenvalue weighted by molar-refractivity contribution is 5.58. The lowest BCUT2D eigenvalue weighted by atomic mass is 9.43. The van der Waals surface area contributed by atoms with E-state index >= 15 is 0 Å². The Morgan fingerprint density at radius 1 is 1.00 bits per heavy atom. The first-order chi connectivity index (χ1) is 12.2. The Kier molecular flexibility index (Phi) is 2.65. The van der Waals surface area contributed by atoms with Crippen molar-refractivity contribution < 1.29 is 2.74 Å². The lowest BCUT2D eigenvalue weighted by Crippen LogP contribution is -2.57. The van der Waals surface area contributed by atoms with Crippen LogP contribution in [0.15, 0.2) is 24.3 Å². The predicted octanol–water partition coefficient (Wildman–Crippen LogP) is 5.81. The van der Waals surface area contributed by atoms with Gasteiger partial charge in [0.2, 0.25) is 0 Å². The van der Waals surface area contributed by atoms with Crippen molar-refractivity contribution >= 4 is 5.69 Å². The summed E-state index contributed by atoms with van der Waals surface area (Å²) in [5.74, 6) is 2.89. The number of hydrogen-bond donors (Lipinski definition) is 0. The molecule has 6 rings (SSSR count). The fourth-order valence-corrected chi connectivity index (χ4v) is 7.59. The van der Waals surface area contributed by atoms with Gasteiger partial charge in [0.15, 0.2) is 0 Å². The van der Waals surface area contributed by atoms with Crippen LogP contribution in [-0.2, 0) is 0 Å². The molecule has 0 N–H and O–H groups in total. The van der Waals surface area contributed by atoms with Crippen molar-refractivity contribution in [2.75, 3.05) is 4.90 Å². The molecule has 0 aromatic heterocycles. The van der Waals surface area contributed by atoms with Crippen molar-refractivity contribution in [1.82, 2.24) is 0 Å². The Bertz CT molecular complexity index is 709. The number of nitrogens with zero attached hydrogens (tertiary/aromatic N) is 1. The molecule has 1 nitrogen and oxygen atoms in total. The Balaban J connectivity index is 1.69. The average Bonchev–Trinajstić information content (AvgIpc) is 2.67. The van der Waals surface area contributed by atoms with Crippen molar-refractivity contribution in [3.63, 3.8) is 0 Å². The first kappa shape index (κ1) is 13.3. The molecule has 1 aliphatic heterocycles. The smallest absolute Gasteiger partial charge is 0.0402 e. The predicted molar refractivity (Wildman–Crippen MR) is 101 cm³/mol. The third-order valence-electron chi connectivity index (χ3n) is 8.07. The third-order valence-corrected chi connectivity index (χ3v) is 8.07. The molecule has 5 fully saturated rings. The maximum atomic E-state index is 9.52. The van der Waals surface area contributed by atoms with E-state index in [-0.39, 0.29) is 11.5 Å². The highest BCUT2D eigenvalue weighted by atomic mass is 15.3. The summed E-state index contributed by atoms with van der Waals surface area (Å²) in [5.41, 5.74) is 1.82. The molecule has 1 saturated heterocycles. The van der Waals surface area contributed by atoms with E-state index in [2.05, 4.69) is 56.9 Å². The summed E-state index contributed by atoms with van der Waals surface area (Å²) in [4.78, 5) is 2.48. The van der Waals surface area contributed by atoms with Gasteiger partial charge in [-0.2, -0.15) is 0 Å². The van der Waals surface area contributed by atoms with E-state index in [1.807, 2.05) is 0 Å². The van der Waals surface area contributed by atoms with Gasteiger partial charge < -0.3 is 4.90 Å². The molecule has 1 aromatic rings. The summed E-state index contributed by atoms with van der Waals surface area (Å²) in [5, 5.41) is 0. The van der Waals surface area contributed by atoms with Crippen molar-refractivity contribution in [3.05, 3.63) is 29.8 Å². The summed E-state index contributed by atoms with van der Waals surface area (Å²) in [7, 11) is 0. The number of para-hydroxylation sites is 1. The number of aryl methyl sites for hydroxylation is 1. The summed E-state index contributed by atoms with van der Waals surface area (Å²) >= 11 is 0. The van der Waals surface area contributed by atoms with Gasteiger partial charge in [-0.25, -0.2) is 0 Å². The summed E-state index contributed by atoms with van der Waals surface area (Å²) < 4.78 is 19.0. The molecule has 0 amide bonds. The fourth-order valence-electron chi connectivity index (χ4n) is 7.59. The van der Waals surface area contributed by atoms with E-state index < -0.39 is 11.9 Å². The number of anilines is 1. The minimum atomic E-state index is -1.18. The third kappa shape index (κ3) is 1.82. The SMILES string of the molecule is [2H]C1([2H])C2(C3CC4CC(C3)CC2C4)[C@H](C)N(c2ccccc2C)C1(C)C. The van der Waals surface area contributed by atoms with Crippen LogP contribution < -0.4 is 4.90 Å². The van der Waals surface area contributed by atoms with Crippen molar-refractivity contribution in [2.45, 2.75) is 77.8 Å². The molecule has 0 unspecified atom stereocenters. The van der Waals surface area contributed by atoms with Gasteiger partial charge in [0.05, 0.1) is 0 Å². The van der Waals surface area contributed by atoms with E-state index in [4.69, 9.17) is 0 Å². The molecule has 1 heterocycles. The summed E-state index contributed by atoms with van der Waals surface area (Å²) in [6.07, 6.45) is 5.34. The van der Waals surface area contributed by atoms with Crippen LogP contribution in [0.25, 0.3) is 0 Å². The maximum Gasteiger partial charge on any atom is 0.0402 e. The van der Waals surface area contributed by atoms with Crippen LogP contribution in [0.1, 0.15) is 67.6 Å². The van der Waals surface area contributed by atoms with Crippen LogP contribution in [0.3, 0.4) is 0 Å². The van der Waals surface area contributed by atoms with Crippen molar-refractivity contribution in [2.24, 2.45) is 29.1 Å².